The van der Waals surface area contributed by atoms with E-state index in [0.717, 1.165) is 65.9 Å². The third-order valence-electron chi connectivity index (χ3n) is 6.47. The Labute approximate surface area is 222 Å². The van der Waals surface area contributed by atoms with Gasteiger partial charge in [0.1, 0.15) is 17.1 Å². The summed E-state index contributed by atoms with van der Waals surface area (Å²) < 4.78 is 7.10. The molecule has 2 N–H and O–H groups in total. The van der Waals surface area contributed by atoms with Gasteiger partial charge in [0.25, 0.3) is 0 Å². The van der Waals surface area contributed by atoms with Crippen molar-refractivity contribution >= 4 is 28.9 Å². The number of aromatic nitrogens is 3. The second kappa shape index (κ2) is 12.4. The number of pyridine rings is 1. The molecule has 0 unspecified atom stereocenters. The summed E-state index contributed by atoms with van der Waals surface area (Å²) in [6.07, 6.45) is 3.89. The third-order valence-corrected chi connectivity index (χ3v) is 6.47. The lowest BCUT2D eigenvalue weighted by molar-refractivity contribution is -0.116. The Bertz CT molecular complexity index is 1430. The number of rotatable bonds is 11. The molecule has 4 aromatic rings. The van der Waals surface area contributed by atoms with Crippen LogP contribution >= 0.6 is 0 Å². The summed E-state index contributed by atoms with van der Waals surface area (Å²) in [4.78, 5) is 33.1. The lowest BCUT2D eigenvalue weighted by Crippen LogP contribution is -2.13. The van der Waals surface area contributed by atoms with Crippen molar-refractivity contribution in [2.45, 2.75) is 65.8 Å². The molecule has 8 nitrogen and oxygen atoms in total. The monoisotopic (exact) mass is 514 g/mol. The van der Waals surface area contributed by atoms with Crippen LogP contribution in [0, 0.1) is 6.92 Å². The number of amides is 1. The Morgan fingerprint density at radius 3 is 2.45 bits per heavy atom. The summed E-state index contributed by atoms with van der Waals surface area (Å²) in [7, 11) is 0. The van der Waals surface area contributed by atoms with Crippen molar-refractivity contribution in [1.82, 2.24) is 14.5 Å². The van der Waals surface area contributed by atoms with Crippen molar-refractivity contribution in [3.05, 3.63) is 71.7 Å². The number of para-hydroxylation sites is 1. The minimum absolute atomic E-state index is 0.00263. The van der Waals surface area contributed by atoms with Crippen LogP contribution < -0.4 is 10.1 Å². The van der Waals surface area contributed by atoms with E-state index in [0.29, 0.717) is 30.0 Å². The van der Waals surface area contributed by atoms with Gasteiger partial charge in [-0.05, 0) is 43.0 Å². The largest absolute Gasteiger partial charge is 0.511 e. The van der Waals surface area contributed by atoms with E-state index in [4.69, 9.17) is 19.8 Å². The highest BCUT2D eigenvalue weighted by atomic mass is 16.7. The van der Waals surface area contributed by atoms with E-state index in [1.165, 1.54) is 0 Å². The first kappa shape index (κ1) is 26.9. The van der Waals surface area contributed by atoms with Gasteiger partial charge in [-0.3, -0.25) is 4.79 Å². The van der Waals surface area contributed by atoms with Crippen molar-refractivity contribution in [3.8, 4) is 16.9 Å². The van der Waals surface area contributed by atoms with Crippen molar-refractivity contribution in [2.24, 2.45) is 0 Å². The maximum Gasteiger partial charge on any atom is 0.511 e. The average molecular weight is 515 g/mol. The molecule has 0 atom stereocenters. The van der Waals surface area contributed by atoms with Crippen molar-refractivity contribution < 1.29 is 19.4 Å². The first-order valence-electron chi connectivity index (χ1n) is 13.1. The number of carbonyl (C=O) groups is 2. The number of fused-ring (bicyclic) bond motifs is 1. The lowest BCUT2D eigenvalue weighted by Gasteiger charge is -2.12. The molecule has 0 aliphatic rings. The van der Waals surface area contributed by atoms with Crippen LogP contribution in [0.5, 0.6) is 5.75 Å². The Morgan fingerprint density at radius 2 is 1.74 bits per heavy atom. The number of hydrogen-bond donors (Lipinski definition) is 2. The molecular formula is C30H34N4O4. The Morgan fingerprint density at radius 1 is 1.00 bits per heavy atom. The number of carbonyl (C=O) groups excluding carboxylic acids is 1. The number of benzene rings is 2. The minimum Gasteiger partial charge on any atom is -0.449 e. The van der Waals surface area contributed by atoms with Crippen LogP contribution in [0.3, 0.4) is 0 Å². The van der Waals surface area contributed by atoms with Crippen LogP contribution in [-0.2, 0) is 17.8 Å². The van der Waals surface area contributed by atoms with E-state index in [-0.39, 0.29) is 5.91 Å². The molecule has 2 heterocycles. The molecule has 1 amide bonds. The number of imidazole rings is 1. The van der Waals surface area contributed by atoms with Crippen molar-refractivity contribution in [3.63, 3.8) is 0 Å². The van der Waals surface area contributed by atoms with Gasteiger partial charge < -0.3 is 19.7 Å². The maximum atomic E-state index is 12.3. The van der Waals surface area contributed by atoms with Gasteiger partial charge in [-0.15, -0.1) is 0 Å². The van der Waals surface area contributed by atoms with E-state index in [2.05, 4.69) is 23.7 Å². The van der Waals surface area contributed by atoms with E-state index in [1.54, 1.807) is 12.1 Å². The van der Waals surface area contributed by atoms with Gasteiger partial charge in [0.05, 0.1) is 17.9 Å². The number of nitrogens with one attached hydrogen (secondary N) is 1. The number of ether oxygens (including phenoxy) is 1. The minimum atomic E-state index is -1.34. The fourth-order valence-corrected chi connectivity index (χ4v) is 4.41. The molecule has 0 aliphatic carbocycles. The predicted molar refractivity (Wildman–Crippen MR) is 149 cm³/mol. The van der Waals surface area contributed by atoms with Crippen LogP contribution in [0.1, 0.15) is 63.0 Å². The van der Waals surface area contributed by atoms with Gasteiger partial charge in [0, 0.05) is 18.4 Å². The Kier molecular flexibility index (Phi) is 8.73. The van der Waals surface area contributed by atoms with E-state index < -0.39 is 6.16 Å². The molecular weight excluding hydrogens is 480 g/mol. The third kappa shape index (κ3) is 6.37. The number of nitrogens with zero attached hydrogens (tertiary/aromatic N) is 3. The summed E-state index contributed by atoms with van der Waals surface area (Å²) in [6.45, 7) is 6.72. The number of unbranched alkanes of at least 4 members (excludes halogenated alkanes) is 2. The maximum absolute atomic E-state index is 12.3. The normalized spacial score (nSPS) is 11.0. The first-order chi connectivity index (χ1) is 18.4. The number of anilines is 1. The number of aryl methyl sites for hydroxylation is 2. The standard InChI is InChI=1S/C30H34N4O4/c1-4-6-12-27-32-25-18-24(33-28(35)13-7-5-2)20(3)31-29(25)34(27)19-21-14-16-22(17-15-21)23-10-8-9-11-26(23)38-30(36)37/h8-11,14-18H,4-7,12-13,19H2,1-3H3,(H,33,35)(H,36,37). The SMILES string of the molecule is CCCCC(=O)Nc1cc2nc(CCCC)n(Cc3ccc(-c4ccccc4OC(=O)O)cc3)c2nc1C. The molecule has 8 heteroatoms. The molecule has 2 aromatic heterocycles. The highest BCUT2D eigenvalue weighted by Gasteiger charge is 2.16. The number of carboxylic acid groups (broad SMARTS) is 1. The lowest BCUT2D eigenvalue weighted by atomic mass is 10.0. The van der Waals surface area contributed by atoms with Gasteiger partial charge >= 0.3 is 6.16 Å². The molecule has 0 fully saturated rings. The fourth-order valence-electron chi connectivity index (χ4n) is 4.41. The molecule has 4 rings (SSSR count). The summed E-state index contributed by atoms with van der Waals surface area (Å²) in [5.74, 6) is 1.26. The smallest absolute Gasteiger partial charge is 0.449 e. The highest BCUT2D eigenvalue weighted by Crippen LogP contribution is 2.31. The number of hydrogen-bond acceptors (Lipinski definition) is 5. The van der Waals surface area contributed by atoms with Gasteiger partial charge in [0.2, 0.25) is 5.91 Å². The molecule has 0 saturated carbocycles. The van der Waals surface area contributed by atoms with Gasteiger partial charge in [0.15, 0.2) is 5.65 Å². The second-order valence-corrected chi connectivity index (χ2v) is 9.39. The van der Waals surface area contributed by atoms with Gasteiger partial charge in [-0.2, -0.15) is 0 Å². The topological polar surface area (TPSA) is 106 Å². The molecule has 0 aliphatic heterocycles. The molecule has 0 bridgehead atoms. The molecule has 198 valence electrons. The Balaban J connectivity index is 1.63. The van der Waals surface area contributed by atoms with Gasteiger partial charge in [-0.25, -0.2) is 14.8 Å². The second-order valence-electron chi connectivity index (χ2n) is 9.39. The highest BCUT2D eigenvalue weighted by molar-refractivity contribution is 5.93. The average Bonchev–Trinajstić information content (AvgIpc) is 3.22. The fraction of sp³-hybridized carbons (Fsp3) is 0.333. The molecule has 38 heavy (non-hydrogen) atoms. The van der Waals surface area contributed by atoms with Crippen LogP contribution in [-0.4, -0.2) is 31.7 Å². The molecule has 0 saturated heterocycles. The van der Waals surface area contributed by atoms with Crippen LogP contribution in [0.4, 0.5) is 10.5 Å². The summed E-state index contributed by atoms with van der Waals surface area (Å²) in [5, 5.41) is 12.1. The van der Waals surface area contributed by atoms with Crippen LogP contribution in [0.25, 0.3) is 22.3 Å². The zero-order valence-corrected chi connectivity index (χ0v) is 22.2. The van der Waals surface area contributed by atoms with Crippen molar-refractivity contribution in [1.29, 1.82) is 0 Å². The summed E-state index contributed by atoms with van der Waals surface area (Å²) in [6, 6.07) is 17.0. The van der Waals surface area contributed by atoms with E-state index in [1.807, 2.05) is 49.4 Å². The zero-order chi connectivity index (χ0) is 27.1. The van der Waals surface area contributed by atoms with Gasteiger partial charge in [-0.1, -0.05) is 69.2 Å². The van der Waals surface area contributed by atoms with Crippen LogP contribution in [0.2, 0.25) is 0 Å². The molecule has 0 radical (unpaired) electrons. The van der Waals surface area contributed by atoms with Crippen LogP contribution in [0.15, 0.2) is 54.6 Å². The van der Waals surface area contributed by atoms with E-state index in [9.17, 15) is 9.59 Å². The molecule has 0 spiro atoms. The summed E-state index contributed by atoms with van der Waals surface area (Å²) >= 11 is 0. The molecule has 2 aromatic carbocycles. The first-order valence-corrected chi connectivity index (χ1v) is 13.1. The van der Waals surface area contributed by atoms with E-state index >= 15 is 0 Å². The predicted octanol–water partition coefficient (Wildman–Crippen LogP) is 6.98. The quantitative estimate of drug-likeness (QED) is 0.165. The Hall–Kier alpha value is -4.20. The zero-order valence-electron chi connectivity index (χ0n) is 22.2. The van der Waals surface area contributed by atoms with Crippen molar-refractivity contribution in [2.75, 3.05) is 5.32 Å². The summed E-state index contributed by atoms with van der Waals surface area (Å²) in [5.41, 5.74) is 5.67.